The lowest BCUT2D eigenvalue weighted by molar-refractivity contribution is 0.149. The summed E-state index contributed by atoms with van der Waals surface area (Å²) in [6.45, 7) is 13.6. The highest BCUT2D eigenvalue weighted by atomic mass is 15.2. The van der Waals surface area contributed by atoms with Crippen molar-refractivity contribution < 1.29 is 0 Å². The zero-order valence-electron chi connectivity index (χ0n) is 12.9. The van der Waals surface area contributed by atoms with Crippen molar-refractivity contribution in [2.75, 3.05) is 19.6 Å². The van der Waals surface area contributed by atoms with Gasteiger partial charge in [0.25, 0.3) is 0 Å². The molecule has 0 aliphatic carbocycles. The van der Waals surface area contributed by atoms with Gasteiger partial charge in [0.2, 0.25) is 0 Å². The van der Waals surface area contributed by atoms with E-state index in [0.29, 0.717) is 6.04 Å². The van der Waals surface area contributed by atoms with E-state index in [-0.39, 0.29) is 5.41 Å². The molecule has 1 atom stereocenters. The van der Waals surface area contributed by atoms with Gasteiger partial charge < -0.3 is 5.32 Å². The highest BCUT2D eigenvalue weighted by molar-refractivity contribution is 5.27. The van der Waals surface area contributed by atoms with Gasteiger partial charge in [-0.1, -0.05) is 52.0 Å². The van der Waals surface area contributed by atoms with Crippen LogP contribution in [0.25, 0.3) is 0 Å². The summed E-state index contributed by atoms with van der Waals surface area (Å²) in [5, 5.41) is 3.49. The second-order valence-electron chi connectivity index (χ2n) is 6.68. The Balaban J connectivity index is 2.02. The second-order valence-corrected chi connectivity index (χ2v) is 6.68. The van der Waals surface area contributed by atoms with Crippen molar-refractivity contribution in [3.63, 3.8) is 0 Å². The Hall–Kier alpha value is -0.860. The second kappa shape index (κ2) is 6.06. The van der Waals surface area contributed by atoms with Crippen LogP contribution in [0.15, 0.2) is 24.3 Å². The van der Waals surface area contributed by atoms with Gasteiger partial charge in [0.1, 0.15) is 0 Å². The standard InChI is InChI=1S/C17H28N2/c1-5-16-12-18-10-11-19(16)13-14-6-8-15(9-7-14)17(2,3)4/h6-9,16,18H,5,10-13H2,1-4H3. The number of rotatable bonds is 3. The molecular weight excluding hydrogens is 232 g/mol. The molecule has 0 aromatic heterocycles. The van der Waals surface area contributed by atoms with Crippen molar-refractivity contribution in [3.8, 4) is 0 Å². The molecule has 1 heterocycles. The fourth-order valence-electron chi connectivity index (χ4n) is 2.76. The first-order chi connectivity index (χ1) is 9.00. The quantitative estimate of drug-likeness (QED) is 0.898. The summed E-state index contributed by atoms with van der Waals surface area (Å²) in [5.74, 6) is 0. The number of piperazine rings is 1. The van der Waals surface area contributed by atoms with E-state index in [2.05, 4.69) is 62.2 Å². The van der Waals surface area contributed by atoms with Crippen LogP contribution in [-0.4, -0.2) is 30.6 Å². The van der Waals surface area contributed by atoms with E-state index in [1.165, 1.54) is 24.1 Å². The average molecular weight is 260 g/mol. The molecule has 0 amide bonds. The maximum atomic E-state index is 3.49. The summed E-state index contributed by atoms with van der Waals surface area (Å²) >= 11 is 0. The van der Waals surface area contributed by atoms with Crippen LogP contribution >= 0.6 is 0 Å². The van der Waals surface area contributed by atoms with E-state index in [4.69, 9.17) is 0 Å². The Labute approximate surface area is 118 Å². The van der Waals surface area contributed by atoms with Crippen LogP contribution in [0.5, 0.6) is 0 Å². The minimum atomic E-state index is 0.250. The van der Waals surface area contributed by atoms with Crippen molar-refractivity contribution in [1.29, 1.82) is 0 Å². The van der Waals surface area contributed by atoms with Gasteiger partial charge in [-0.2, -0.15) is 0 Å². The fourth-order valence-corrected chi connectivity index (χ4v) is 2.76. The van der Waals surface area contributed by atoms with Crippen LogP contribution in [0.2, 0.25) is 0 Å². The third kappa shape index (κ3) is 3.80. The van der Waals surface area contributed by atoms with Crippen molar-refractivity contribution in [3.05, 3.63) is 35.4 Å². The van der Waals surface area contributed by atoms with E-state index in [1.807, 2.05) is 0 Å². The first kappa shape index (κ1) is 14.5. The highest BCUT2D eigenvalue weighted by Gasteiger charge is 2.20. The largest absolute Gasteiger partial charge is 0.314 e. The van der Waals surface area contributed by atoms with Gasteiger partial charge in [0.05, 0.1) is 0 Å². The van der Waals surface area contributed by atoms with Gasteiger partial charge in [-0.15, -0.1) is 0 Å². The van der Waals surface area contributed by atoms with Gasteiger partial charge in [-0.25, -0.2) is 0 Å². The molecule has 0 bridgehead atoms. The van der Waals surface area contributed by atoms with Crippen LogP contribution < -0.4 is 5.32 Å². The fraction of sp³-hybridized carbons (Fsp3) is 0.647. The van der Waals surface area contributed by atoms with Crippen LogP contribution in [0.1, 0.15) is 45.2 Å². The van der Waals surface area contributed by atoms with Crippen LogP contribution in [0.4, 0.5) is 0 Å². The molecule has 0 saturated carbocycles. The van der Waals surface area contributed by atoms with Crippen molar-refractivity contribution in [2.24, 2.45) is 0 Å². The molecule has 1 N–H and O–H groups in total. The van der Waals surface area contributed by atoms with Crippen LogP contribution in [0, 0.1) is 0 Å². The molecule has 2 rings (SSSR count). The Bertz CT molecular complexity index is 389. The summed E-state index contributed by atoms with van der Waals surface area (Å²) < 4.78 is 0. The van der Waals surface area contributed by atoms with E-state index < -0.39 is 0 Å². The first-order valence-corrected chi connectivity index (χ1v) is 7.55. The lowest BCUT2D eigenvalue weighted by Crippen LogP contribution is -2.50. The smallest absolute Gasteiger partial charge is 0.0237 e. The maximum Gasteiger partial charge on any atom is 0.0237 e. The Kier molecular flexibility index (Phi) is 4.64. The molecule has 1 aromatic carbocycles. The Morgan fingerprint density at radius 2 is 1.89 bits per heavy atom. The highest BCUT2D eigenvalue weighted by Crippen LogP contribution is 2.23. The molecule has 1 aliphatic heterocycles. The molecule has 2 nitrogen and oxygen atoms in total. The van der Waals surface area contributed by atoms with E-state index in [9.17, 15) is 0 Å². The third-order valence-corrected chi connectivity index (χ3v) is 4.15. The van der Waals surface area contributed by atoms with Gasteiger partial charge in [0.15, 0.2) is 0 Å². The molecule has 106 valence electrons. The van der Waals surface area contributed by atoms with Crippen molar-refractivity contribution in [1.82, 2.24) is 10.2 Å². The lowest BCUT2D eigenvalue weighted by atomic mass is 9.86. The SMILES string of the molecule is CCC1CNCCN1Cc1ccc(C(C)(C)C)cc1. The summed E-state index contributed by atoms with van der Waals surface area (Å²) in [6.07, 6.45) is 1.23. The lowest BCUT2D eigenvalue weighted by Gasteiger charge is -2.35. The topological polar surface area (TPSA) is 15.3 Å². The molecule has 1 aromatic rings. The maximum absolute atomic E-state index is 3.49. The molecule has 1 aliphatic rings. The summed E-state index contributed by atoms with van der Waals surface area (Å²) in [4.78, 5) is 2.61. The molecule has 19 heavy (non-hydrogen) atoms. The van der Waals surface area contributed by atoms with Gasteiger partial charge in [-0.3, -0.25) is 4.90 Å². The minimum Gasteiger partial charge on any atom is -0.314 e. The molecule has 0 spiro atoms. The number of hydrogen-bond donors (Lipinski definition) is 1. The Morgan fingerprint density at radius 3 is 2.47 bits per heavy atom. The zero-order valence-corrected chi connectivity index (χ0v) is 12.9. The predicted octanol–water partition coefficient (Wildman–Crippen LogP) is 3.17. The van der Waals surface area contributed by atoms with Crippen molar-refractivity contribution >= 4 is 0 Å². The van der Waals surface area contributed by atoms with Gasteiger partial charge in [-0.05, 0) is 23.0 Å². The monoisotopic (exact) mass is 260 g/mol. The molecule has 1 fully saturated rings. The average Bonchev–Trinajstić information content (AvgIpc) is 2.39. The van der Waals surface area contributed by atoms with Gasteiger partial charge >= 0.3 is 0 Å². The number of hydrogen-bond acceptors (Lipinski definition) is 2. The van der Waals surface area contributed by atoms with E-state index in [1.54, 1.807) is 0 Å². The number of benzene rings is 1. The number of nitrogens with zero attached hydrogens (tertiary/aromatic N) is 1. The van der Waals surface area contributed by atoms with Crippen LogP contribution in [-0.2, 0) is 12.0 Å². The first-order valence-electron chi connectivity index (χ1n) is 7.55. The summed E-state index contributed by atoms with van der Waals surface area (Å²) in [7, 11) is 0. The van der Waals surface area contributed by atoms with Crippen molar-refractivity contribution in [2.45, 2.75) is 52.1 Å². The zero-order chi connectivity index (χ0) is 13.9. The normalized spacial score (nSPS) is 21.6. The van der Waals surface area contributed by atoms with Crippen LogP contribution in [0.3, 0.4) is 0 Å². The summed E-state index contributed by atoms with van der Waals surface area (Å²) in [5.41, 5.74) is 3.11. The third-order valence-electron chi connectivity index (χ3n) is 4.15. The van der Waals surface area contributed by atoms with Gasteiger partial charge in [0, 0.05) is 32.2 Å². The predicted molar refractivity (Wildman–Crippen MR) is 82.5 cm³/mol. The molecule has 1 unspecified atom stereocenters. The molecule has 2 heteroatoms. The molecule has 0 radical (unpaired) electrons. The summed E-state index contributed by atoms with van der Waals surface area (Å²) in [6, 6.07) is 9.87. The number of nitrogens with one attached hydrogen (secondary N) is 1. The Morgan fingerprint density at radius 1 is 1.21 bits per heavy atom. The van der Waals surface area contributed by atoms with E-state index in [0.717, 1.165) is 19.6 Å². The minimum absolute atomic E-state index is 0.250. The molecular formula is C17H28N2. The molecule has 1 saturated heterocycles. The van der Waals surface area contributed by atoms with E-state index >= 15 is 0 Å².